The summed E-state index contributed by atoms with van der Waals surface area (Å²) < 4.78 is 0. The molecule has 0 fully saturated rings. The molecule has 15 heavy (non-hydrogen) atoms. The van der Waals surface area contributed by atoms with Crippen molar-refractivity contribution in [3.63, 3.8) is 0 Å². The highest BCUT2D eigenvalue weighted by atomic mass is 35.5. The second kappa shape index (κ2) is 4.75. The van der Waals surface area contributed by atoms with E-state index in [-0.39, 0.29) is 18.5 Å². The van der Waals surface area contributed by atoms with Crippen molar-refractivity contribution in [3.8, 4) is 0 Å². The minimum atomic E-state index is -0.961. The molecule has 0 aliphatic heterocycles. The van der Waals surface area contributed by atoms with Gasteiger partial charge in [-0.05, 0) is 18.1 Å². The molecule has 1 aromatic carbocycles. The van der Waals surface area contributed by atoms with Crippen LogP contribution in [0.3, 0.4) is 0 Å². The Hall–Kier alpha value is -1.62. The summed E-state index contributed by atoms with van der Waals surface area (Å²) in [5.74, 6) is -0.961. The van der Waals surface area contributed by atoms with Gasteiger partial charge in [-0.15, -0.1) is 0 Å². The van der Waals surface area contributed by atoms with E-state index in [1.165, 1.54) is 18.2 Å². The molecule has 0 radical (unpaired) electrons. The monoisotopic (exact) mass is 229 g/mol. The number of aliphatic carboxylic acids is 1. The summed E-state index contributed by atoms with van der Waals surface area (Å²) in [6.45, 7) is 0. The molecule has 0 aliphatic carbocycles. The Balaban J connectivity index is 2.90. The third kappa shape index (κ3) is 3.21. The zero-order valence-electron chi connectivity index (χ0n) is 7.64. The molecular weight excluding hydrogens is 222 g/mol. The zero-order valence-corrected chi connectivity index (χ0v) is 8.40. The van der Waals surface area contributed by atoms with Gasteiger partial charge in [0.15, 0.2) is 0 Å². The van der Waals surface area contributed by atoms with Crippen LogP contribution in [-0.4, -0.2) is 16.0 Å². The van der Waals surface area contributed by atoms with Crippen molar-refractivity contribution >= 4 is 23.3 Å². The van der Waals surface area contributed by atoms with Gasteiger partial charge in [0.1, 0.15) is 0 Å². The minimum Gasteiger partial charge on any atom is -0.481 e. The van der Waals surface area contributed by atoms with Crippen LogP contribution in [0.25, 0.3) is 0 Å². The molecule has 0 heterocycles. The summed E-state index contributed by atoms with van der Waals surface area (Å²) in [4.78, 5) is 20.2. The molecule has 0 unspecified atom stereocenters. The van der Waals surface area contributed by atoms with E-state index in [2.05, 4.69) is 0 Å². The van der Waals surface area contributed by atoms with E-state index < -0.39 is 10.9 Å². The fourth-order valence-corrected chi connectivity index (χ4v) is 1.32. The predicted octanol–water partition coefficient (Wildman–Crippen LogP) is 2.27. The first-order valence-corrected chi connectivity index (χ1v) is 4.53. The Labute approximate surface area is 90.4 Å². The van der Waals surface area contributed by atoms with Crippen LogP contribution < -0.4 is 0 Å². The number of hydrogen-bond acceptors (Lipinski definition) is 3. The smallest absolute Gasteiger partial charge is 0.303 e. The number of non-ortho nitro benzene ring substituents is 1. The number of carboxylic acids is 1. The standard InChI is InChI=1S/C9H8ClNO4/c10-8-3-2-7(11(14)15)5-6(8)1-4-9(12)13/h2-3,5H,1,4H2,(H,12,13). The molecule has 6 heteroatoms. The van der Waals surface area contributed by atoms with E-state index in [0.29, 0.717) is 10.6 Å². The lowest BCUT2D eigenvalue weighted by Gasteiger charge is -2.01. The number of rotatable bonds is 4. The fraction of sp³-hybridized carbons (Fsp3) is 0.222. The van der Waals surface area contributed by atoms with Crippen molar-refractivity contribution in [2.24, 2.45) is 0 Å². The average molecular weight is 230 g/mol. The molecule has 0 saturated heterocycles. The van der Waals surface area contributed by atoms with Crippen LogP contribution in [0.15, 0.2) is 18.2 Å². The van der Waals surface area contributed by atoms with Gasteiger partial charge in [-0.25, -0.2) is 0 Å². The second-order valence-corrected chi connectivity index (χ2v) is 3.33. The zero-order chi connectivity index (χ0) is 11.4. The van der Waals surface area contributed by atoms with Crippen LogP contribution in [-0.2, 0) is 11.2 Å². The van der Waals surface area contributed by atoms with Gasteiger partial charge < -0.3 is 5.11 Å². The summed E-state index contributed by atoms with van der Waals surface area (Å²) in [5.41, 5.74) is 0.396. The highest BCUT2D eigenvalue weighted by molar-refractivity contribution is 6.31. The normalized spacial score (nSPS) is 9.93. The SMILES string of the molecule is O=C(O)CCc1cc([N+](=O)[O-])ccc1Cl. The average Bonchev–Trinajstić information content (AvgIpc) is 2.16. The van der Waals surface area contributed by atoms with Gasteiger partial charge in [0, 0.05) is 23.6 Å². The van der Waals surface area contributed by atoms with Gasteiger partial charge >= 0.3 is 5.97 Å². The topological polar surface area (TPSA) is 80.4 Å². The molecule has 0 bridgehead atoms. The first-order valence-electron chi connectivity index (χ1n) is 4.15. The molecular formula is C9H8ClNO4. The molecule has 1 N–H and O–H groups in total. The van der Waals surface area contributed by atoms with E-state index in [9.17, 15) is 14.9 Å². The highest BCUT2D eigenvalue weighted by Gasteiger charge is 2.10. The summed E-state index contributed by atoms with van der Waals surface area (Å²) in [6, 6.07) is 3.98. The number of carbonyl (C=O) groups is 1. The third-order valence-electron chi connectivity index (χ3n) is 1.85. The number of nitro groups is 1. The molecule has 1 aromatic rings. The van der Waals surface area contributed by atoms with Crippen LogP contribution in [0.5, 0.6) is 0 Å². The Kier molecular flexibility index (Phi) is 3.62. The lowest BCUT2D eigenvalue weighted by Crippen LogP contribution is -1.99. The van der Waals surface area contributed by atoms with Crippen LogP contribution in [0.1, 0.15) is 12.0 Å². The summed E-state index contributed by atoms with van der Waals surface area (Å²) in [6.07, 6.45) is 0.0940. The Morgan fingerprint density at radius 2 is 2.20 bits per heavy atom. The number of hydrogen-bond donors (Lipinski definition) is 1. The number of carboxylic acid groups (broad SMARTS) is 1. The highest BCUT2D eigenvalue weighted by Crippen LogP contribution is 2.23. The van der Waals surface area contributed by atoms with Gasteiger partial charge in [0.05, 0.1) is 4.92 Å². The van der Waals surface area contributed by atoms with Gasteiger partial charge in [0.2, 0.25) is 0 Å². The van der Waals surface area contributed by atoms with Crippen molar-refractivity contribution in [1.29, 1.82) is 0 Å². The molecule has 80 valence electrons. The van der Waals surface area contributed by atoms with E-state index >= 15 is 0 Å². The largest absolute Gasteiger partial charge is 0.481 e. The van der Waals surface area contributed by atoms with Crippen LogP contribution in [0.2, 0.25) is 5.02 Å². The van der Waals surface area contributed by atoms with E-state index in [1.807, 2.05) is 0 Å². The van der Waals surface area contributed by atoms with Crippen LogP contribution in [0, 0.1) is 10.1 Å². The number of nitrogens with zero attached hydrogens (tertiary/aromatic N) is 1. The summed E-state index contributed by atoms with van der Waals surface area (Å²) in [7, 11) is 0. The number of halogens is 1. The quantitative estimate of drug-likeness (QED) is 0.634. The van der Waals surface area contributed by atoms with Crippen LogP contribution >= 0.6 is 11.6 Å². The molecule has 0 atom stereocenters. The lowest BCUT2D eigenvalue weighted by molar-refractivity contribution is -0.384. The Morgan fingerprint density at radius 3 is 2.73 bits per heavy atom. The molecule has 0 aromatic heterocycles. The lowest BCUT2D eigenvalue weighted by atomic mass is 10.1. The van der Waals surface area contributed by atoms with Gasteiger partial charge in [0.25, 0.3) is 5.69 Å². The number of aryl methyl sites for hydroxylation is 1. The van der Waals surface area contributed by atoms with Gasteiger partial charge in [-0.3, -0.25) is 14.9 Å². The van der Waals surface area contributed by atoms with Gasteiger partial charge in [-0.1, -0.05) is 11.6 Å². The molecule has 0 spiro atoms. The maximum Gasteiger partial charge on any atom is 0.303 e. The van der Waals surface area contributed by atoms with Crippen LogP contribution in [0.4, 0.5) is 5.69 Å². The van der Waals surface area contributed by atoms with Crippen molar-refractivity contribution in [1.82, 2.24) is 0 Å². The Morgan fingerprint density at radius 1 is 1.53 bits per heavy atom. The minimum absolute atomic E-state index is 0.0835. The molecule has 5 nitrogen and oxygen atoms in total. The molecule has 0 aliphatic rings. The number of nitro benzene ring substituents is 1. The molecule has 0 amide bonds. The van der Waals surface area contributed by atoms with E-state index in [0.717, 1.165) is 0 Å². The maximum atomic E-state index is 10.4. The summed E-state index contributed by atoms with van der Waals surface area (Å²) in [5, 5.41) is 19.3. The first-order chi connectivity index (χ1) is 7.00. The predicted molar refractivity (Wildman–Crippen MR) is 54.1 cm³/mol. The van der Waals surface area contributed by atoms with Crippen molar-refractivity contribution in [3.05, 3.63) is 38.9 Å². The van der Waals surface area contributed by atoms with E-state index in [4.69, 9.17) is 16.7 Å². The van der Waals surface area contributed by atoms with Gasteiger partial charge in [-0.2, -0.15) is 0 Å². The van der Waals surface area contributed by atoms with E-state index in [1.54, 1.807) is 0 Å². The first kappa shape index (κ1) is 11.5. The maximum absolute atomic E-state index is 10.4. The van der Waals surface area contributed by atoms with Crippen molar-refractivity contribution in [2.45, 2.75) is 12.8 Å². The molecule has 1 rings (SSSR count). The van der Waals surface area contributed by atoms with Crippen molar-refractivity contribution < 1.29 is 14.8 Å². The molecule has 0 saturated carbocycles. The Bertz CT molecular complexity index is 405. The second-order valence-electron chi connectivity index (χ2n) is 2.93. The summed E-state index contributed by atoms with van der Waals surface area (Å²) >= 11 is 5.77. The fourth-order valence-electron chi connectivity index (χ4n) is 1.11. The van der Waals surface area contributed by atoms with Crippen molar-refractivity contribution in [2.75, 3.05) is 0 Å². The number of benzene rings is 1. The third-order valence-corrected chi connectivity index (χ3v) is 2.22.